The molecule has 8 heteroatoms. The third-order valence-electron chi connectivity index (χ3n) is 5.81. The van der Waals surface area contributed by atoms with Gasteiger partial charge in [-0.3, -0.25) is 9.36 Å². The lowest BCUT2D eigenvalue weighted by atomic mass is 10.1. The monoisotopic (exact) mass is 446 g/mol. The Labute approximate surface area is 189 Å². The minimum absolute atomic E-state index is 0.0321. The van der Waals surface area contributed by atoms with Gasteiger partial charge in [-0.1, -0.05) is 30.0 Å². The highest BCUT2D eigenvalue weighted by molar-refractivity contribution is 7.99. The fourth-order valence-corrected chi connectivity index (χ4v) is 4.93. The van der Waals surface area contributed by atoms with Gasteiger partial charge in [0.05, 0.1) is 19.0 Å². The number of hydrogen-bond donors (Lipinski definition) is 1. The first-order valence-corrected chi connectivity index (χ1v) is 11.8. The first-order chi connectivity index (χ1) is 15.8. The summed E-state index contributed by atoms with van der Waals surface area (Å²) in [7, 11) is 0. The van der Waals surface area contributed by atoms with Crippen LogP contribution in [0.15, 0.2) is 53.8 Å². The van der Waals surface area contributed by atoms with Crippen LogP contribution in [0, 0.1) is 0 Å². The molecule has 0 unspecified atom stereocenters. The van der Waals surface area contributed by atoms with E-state index in [4.69, 9.17) is 9.47 Å². The van der Waals surface area contributed by atoms with E-state index in [9.17, 15) is 4.79 Å². The second-order valence-corrected chi connectivity index (χ2v) is 9.02. The van der Waals surface area contributed by atoms with Crippen molar-refractivity contribution in [2.24, 2.45) is 0 Å². The van der Waals surface area contributed by atoms with Gasteiger partial charge in [-0.05, 0) is 37.1 Å². The van der Waals surface area contributed by atoms with Gasteiger partial charge in [-0.15, -0.1) is 10.2 Å². The van der Waals surface area contributed by atoms with E-state index >= 15 is 0 Å². The van der Waals surface area contributed by atoms with Crippen LogP contribution in [0.1, 0.15) is 35.7 Å². The molecule has 1 aliphatic heterocycles. The number of rotatable bonds is 6. The van der Waals surface area contributed by atoms with Crippen LogP contribution in [0.25, 0.3) is 22.3 Å². The summed E-state index contributed by atoms with van der Waals surface area (Å²) in [6.07, 6.45) is 5.04. The molecule has 162 valence electrons. The van der Waals surface area contributed by atoms with Gasteiger partial charge in [0, 0.05) is 40.7 Å². The average molecular weight is 447 g/mol. The molecule has 7 nitrogen and oxygen atoms in total. The van der Waals surface area contributed by atoms with E-state index in [1.165, 1.54) is 11.8 Å². The Hall–Kier alpha value is -3.26. The Kier molecular flexibility index (Phi) is 4.87. The Morgan fingerprint density at radius 2 is 1.94 bits per heavy atom. The molecule has 3 heterocycles. The Morgan fingerprint density at radius 3 is 2.81 bits per heavy atom. The molecule has 2 aromatic heterocycles. The van der Waals surface area contributed by atoms with Crippen LogP contribution in [-0.4, -0.2) is 44.5 Å². The van der Waals surface area contributed by atoms with Crippen molar-refractivity contribution in [2.75, 3.05) is 19.0 Å². The molecule has 4 aromatic rings. The molecule has 6 rings (SSSR count). The van der Waals surface area contributed by atoms with Crippen molar-refractivity contribution in [2.45, 2.75) is 30.5 Å². The van der Waals surface area contributed by atoms with E-state index in [-0.39, 0.29) is 5.78 Å². The smallest absolute Gasteiger partial charge is 0.192 e. The number of ether oxygens (including phenoxy) is 2. The first kappa shape index (κ1) is 19.4. The molecule has 1 fully saturated rings. The number of hydrogen-bond acceptors (Lipinski definition) is 6. The number of thioether (sulfide) groups is 1. The number of carbonyl (C=O) groups excluding carboxylic acids is 1. The molecular weight excluding hydrogens is 424 g/mol. The lowest BCUT2D eigenvalue weighted by molar-refractivity contribution is 0.102. The van der Waals surface area contributed by atoms with Gasteiger partial charge >= 0.3 is 0 Å². The summed E-state index contributed by atoms with van der Waals surface area (Å²) < 4.78 is 13.6. The van der Waals surface area contributed by atoms with Crippen LogP contribution >= 0.6 is 11.8 Å². The minimum Gasteiger partial charge on any atom is -0.490 e. The SMILES string of the molecule is O=C(CSc1nnc(-c2c[nH]c3ccccc23)n1C1CC1)c1ccc2c(c1)OCCCO2. The zero-order valence-corrected chi connectivity index (χ0v) is 18.2. The Morgan fingerprint density at radius 1 is 1.09 bits per heavy atom. The van der Waals surface area contributed by atoms with Crippen LogP contribution in [0.3, 0.4) is 0 Å². The summed E-state index contributed by atoms with van der Waals surface area (Å²) in [5.41, 5.74) is 2.74. The Bertz CT molecular complexity index is 1310. The van der Waals surface area contributed by atoms with Crippen LogP contribution in [0.4, 0.5) is 0 Å². The number of nitrogens with zero attached hydrogens (tertiary/aromatic N) is 3. The number of benzene rings is 2. The van der Waals surface area contributed by atoms with Crippen LogP contribution in [0.2, 0.25) is 0 Å². The highest BCUT2D eigenvalue weighted by Gasteiger charge is 2.31. The topological polar surface area (TPSA) is 82.0 Å². The molecule has 32 heavy (non-hydrogen) atoms. The molecule has 0 radical (unpaired) electrons. The van der Waals surface area contributed by atoms with Crippen molar-refractivity contribution in [3.63, 3.8) is 0 Å². The third-order valence-corrected chi connectivity index (χ3v) is 6.75. The molecule has 1 saturated carbocycles. The number of ketones is 1. The van der Waals surface area contributed by atoms with Crippen molar-refractivity contribution >= 4 is 28.4 Å². The molecular formula is C24H22N4O3S. The van der Waals surface area contributed by atoms with Gasteiger partial charge < -0.3 is 14.5 Å². The third kappa shape index (κ3) is 3.54. The van der Waals surface area contributed by atoms with E-state index < -0.39 is 0 Å². The molecule has 2 aliphatic rings. The van der Waals surface area contributed by atoms with Crippen molar-refractivity contribution < 1.29 is 14.3 Å². The summed E-state index contributed by atoms with van der Waals surface area (Å²) in [6, 6.07) is 14.0. The molecule has 1 N–H and O–H groups in total. The van der Waals surface area contributed by atoms with Gasteiger partial charge in [0.15, 0.2) is 28.3 Å². The zero-order valence-electron chi connectivity index (χ0n) is 17.4. The largest absolute Gasteiger partial charge is 0.490 e. The summed E-state index contributed by atoms with van der Waals surface area (Å²) >= 11 is 1.44. The highest BCUT2D eigenvalue weighted by atomic mass is 32.2. The molecule has 0 saturated heterocycles. The normalized spacial score (nSPS) is 15.6. The maximum absolute atomic E-state index is 12.9. The quantitative estimate of drug-likeness (QED) is 0.335. The number of para-hydroxylation sites is 1. The summed E-state index contributed by atoms with van der Waals surface area (Å²) in [5.74, 6) is 2.52. The van der Waals surface area contributed by atoms with Gasteiger partial charge in [0.1, 0.15) is 0 Å². The predicted molar refractivity (Wildman–Crippen MR) is 123 cm³/mol. The van der Waals surface area contributed by atoms with E-state index in [0.29, 0.717) is 42.1 Å². The number of carbonyl (C=O) groups is 1. The maximum Gasteiger partial charge on any atom is 0.192 e. The van der Waals surface area contributed by atoms with Gasteiger partial charge in [0.25, 0.3) is 0 Å². The number of aromatic nitrogens is 4. The fraction of sp³-hybridized carbons (Fsp3) is 0.292. The second-order valence-electron chi connectivity index (χ2n) is 8.08. The van der Waals surface area contributed by atoms with Gasteiger partial charge in [0.2, 0.25) is 0 Å². The van der Waals surface area contributed by atoms with Crippen LogP contribution < -0.4 is 9.47 Å². The summed E-state index contributed by atoms with van der Waals surface area (Å²) in [4.78, 5) is 16.2. The second kappa shape index (κ2) is 8.02. The number of fused-ring (bicyclic) bond motifs is 2. The Balaban J connectivity index is 1.25. The van der Waals surface area contributed by atoms with Crippen LogP contribution in [-0.2, 0) is 0 Å². The fourth-order valence-electron chi connectivity index (χ4n) is 4.03. The minimum atomic E-state index is 0.0321. The van der Waals surface area contributed by atoms with E-state index in [1.807, 2.05) is 24.4 Å². The lowest BCUT2D eigenvalue weighted by Gasteiger charge is -2.10. The van der Waals surface area contributed by atoms with Crippen molar-refractivity contribution in [3.8, 4) is 22.9 Å². The van der Waals surface area contributed by atoms with Gasteiger partial charge in [-0.25, -0.2) is 0 Å². The standard InChI is InChI=1S/C24H22N4O3S/c29-20(15-6-9-21-22(12-15)31-11-3-10-30-21)14-32-24-27-26-23(28(24)16-7-8-16)18-13-25-19-5-2-1-4-17(18)19/h1-2,4-6,9,12-13,16,25H,3,7-8,10-11,14H2. The molecule has 2 aromatic carbocycles. The predicted octanol–water partition coefficient (Wildman–Crippen LogP) is 4.90. The number of Topliss-reactive ketones (excluding diaryl/α,β-unsaturated/α-hetero) is 1. The number of H-pyrrole nitrogens is 1. The maximum atomic E-state index is 12.9. The average Bonchev–Trinajstić information content (AvgIpc) is 3.51. The van der Waals surface area contributed by atoms with Crippen molar-refractivity contribution in [3.05, 3.63) is 54.2 Å². The van der Waals surface area contributed by atoms with E-state index in [0.717, 1.165) is 46.7 Å². The lowest BCUT2D eigenvalue weighted by Crippen LogP contribution is -2.06. The van der Waals surface area contributed by atoms with Gasteiger partial charge in [-0.2, -0.15) is 0 Å². The summed E-state index contributed by atoms with van der Waals surface area (Å²) in [6.45, 7) is 1.23. The zero-order chi connectivity index (χ0) is 21.5. The molecule has 0 spiro atoms. The van der Waals surface area contributed by atoms with Crippen LogP contribution in [0.5, 0.6) is 11.5 Å². The first-order valence-electron chi connectivity index (χ1n) is 10.8. The molecule has 0 bridgehead atoms. The van der Waals surface area contributed by atoms with Crippen molar-refractivity contribution in [1.82, 2.24) is 19.7 Å². The molecule has 0 amide bonds. The molecule has 1 aliphatic carbocycles. The van der Waals surface area contributed by atoms with E-state index in [1.54, 1.807) is 12.1 Å². The number of nitrogens with one attached hydrogen (secondary N) is 1. The van der Waals surface area contributed by atoms with E-state index in [2.05, 4.69) is 31.9 Å². The summed E-state index contributed by atoms with van der Waals surface area (Å²) in [5, 5.41) is 10.9. The van der Waals surface area contributed by atoms with Crippen molar-refractivity contribution in [1.29, 1.82) is 0 Å². The molecule has 0 atom stereocenters. The highest BCUT2D eigenvalue weighted by Crippen LogP contribution is 2.42. The number of aromatic amines is 1.